The van der Waals surface area contributed by atoms with Gasteiger partial charge in [0.1, 0.15) is 0 Å². The van der Waals surface area contributed by atoms with Crippen LogP contribution in [0.4, 0.5) is 11.4 Å². The third-order valence-electron chi connectivity index (χ3n) is 3.64. The molecule has 0 unspecified atom stereocenters. The molecule has 0 saturated carbocycles. The van der Waals surface area contributed by atoms with Crippen LogP contribution in [0.5, 0.6) is 0 Å². The van der Waals surface area contributed by atoms with Gasteiger partial charge >= 0.3 is 0 Å². The number of sulfonamides is 1. The molecule has 1 aromatic carbocycles. The van der Waals surface area contributed by atoms with E-state index in [1.165, 1.54) is 15.6 Å². The topological polar surface area (TPSA) is 53.5 Å². The van der Waals surface area contributed by atoms with Crippen LogP contribution in [0, 0.1) is 13.8 Å². The second-order valence-corrected chi connectivity index (χ2v) is 8.93. The van der Waals surface area contributed by atoms with Gasteiger partial charge in [-0.2, -0.15) is 0 Å². The van der Waals surface area contributed by atoms with Gasteiger partial charge in [0.05, 0.1) is 28.6 Å². The van der Waals surface area contributed by atoms with Gasteiger partial charge in [0.15, 0.2) is 4.21 Å². The number of fused-ring (bicyclic) bond motifs is 1. The van der Waals surface area contributed by atoms with Crippen LogP contribution in [0.3, 0.4) is 0 Å². The van der Waals surface area contributed by atoms with E-state index < -0.39 is 10.0 Å². The zero-order chi connectivity index (χ0) is 16.1. The van der Waals surface area contributed by atoms with Gasteiger partial charge in [-0.15, -0.1) is 11.3 Å². The molecule has 0 saturated heterocycles. The average Bonchev–Trinajstić information content (AvgIpc) is 2.79. The molecule has 0 aliphatic carbocycles. The van der Waals surface area contributed by atoms with Crippen LogP contribution >= 0.6 is 22.9 Å². The molecular formula is C14H16ClN3O2S2. The van der Waals surface area contributed by atoms with E-state index in [-0.39, 0.29) is 0 Å². The van der Waals surface area contributed by atoms with Crippen molar-refractivity contribution in [1.82, 2.24) is 4.98 Å². The minimum absolute atomic E-state index is 0.315. The van der Waals surface area contributed by atoms with Crippen molar-refractivity contribution >= 4 is 44.3 Å². The summed E-state index contributed by atoms with van der Waals surface area (Å²) in [6, 6.07) is 5.27. The molecule has 3 rings (SSSR count). The zero-order valence-corrected chi connectivity index (χ0v) is 14.9. The highest BCUT2D eigenvalue weighted by Gasteiger charge is 2.33. The van der Waals surface area contributed by atoms with E-state index in [1.807, 2.05) is 18.9 Å². The molecule has 0 fully saturated rings. The summed E-state index contributed by atoms with van der Waals surface area (Å²) in [6.45, 7) is 4.57. The third kappa shape index (κ3) is 2.47. The number of aryl methyl sites for hydroxylation is 2. The van der Waals surface area contributed by atoms with Gasteiger partial charge in [-0.05, 0) is 32.0 Å². The first-order valence-electron chi connectivity index (χ1n) is 6.78. The largest absolute Gasteiger partial charge is 0.371 e. The Balaban J connectivity index is 2.14. The highest BCUT2D eigenvalue weighted by Crippen LogP contribution is 2.39. The number of thiazole rings is 1. The van der Waals surface area contributed by atoms with Crippen molar-refractivity contribution in [3.63, 3.8) is 0 Å². The number of benzene rings is 1. The van der Waals surface area contributed by atoms with Crippen LogP contribution < -0.4 is 9.21 Å². The van der Waals surface area contributed by atoms with Gasteiger partial charge in [-0.3, -0.25) is 4.31 Å². The quantitative estimate of drug-likeness (QED) is 0.828. The van der Waals surface area contributed by atoms with E-state index in [2.05, 4.69) is 4.98 Å². The molecule has 0 spiro atoms. The third-order valence-corrected chi connectivity index (χ3v) is 7.35. The van der Waals surface area contributed by atoms with Gasteiger partial charge in [0.2, 0.25) is 0 Å². The standard InChI is InChI=1S/C14H16ClN3O2S2/c1-9-14(21-10(2)16-9)22(19,20)18-7-6-17(3)13-8-11(15)4-5-12(13)18/h4-5,8H,6-7H2,1-3H3. The number of hydrogen-bond donors (Lipinski definition) is 0. The minimum Gasteiger partial charge on any atom is -0.371 e. The fourth-order valence-corrected chi connectivity index (χ4v) is 5.81. The number of likely N-dealkylation sites (N-methyl/N-ethyl adjacent to an activating group) is 1. The van der Waals surface area contributed by atoms with E-state index in [4.69, 9.17) is 11.6 Å². The lowest BCUT2D eigenvalue weighted by atomic mass is 10.2. The zero-order valence-electron chi connectivity index (χ0n) is 12.5. The van der Waals surface area contributed by atoms with E-state index >= 15 is 0 Å². The van der Waals surface area contributed by atoms with Gasteiger partial charge in [-0.1, -0.05) is 11.6 Å². The number of aromatic nitrogens is 1. The number of hydrogen-bond acceptors (Lipinski definition) is 5. The van der Waals surface area contributed by atoms with E-state index in [0.29, 0.717) is 33.7 Å². The molecule has 8 heteroatoms. The van der Waals surface area contributed by atoms with Gasteiger partial charge in [0.25, 0.3) is 10.0 Å². The Morgan fingerprint density at radius 1 is 1.23 bits per heavy atom. The maximum atomic E-state index is 13.0. The van der Waals surface area contributed by atoms with Crippen molar-refractivity contribution in [2.75, 3.05) is 29.3 Å². The summed E-state index contributed by atoms with van der Waals surface area (Å²) in [6.07, 6.45) is 0. The van der Waals surface area contributed by atoms with Crippen molar-refractivity contribution in [2.24, 2.45) is 0 Å². The number of nitrogens with zero attached hydrogens (tertiary/aromatic N) is 3. The van der Waals surface area contributed by atoms with Crippen molar-refractivity contribution in [3.05, 3.63) is 33.9 Å². The lowest BCUT2D eigenvalue weighted by Crippen LogP contribution is -2.42. The average molecular weight is 358 g/mol. The molecule has 0 amide bonds. The van der Waals surface area contributed by atoms with Crippen molar-refractivity contribution < 1.29 is 8.42 Å². The molecule has 0 atom stereocenters. The van der Waals surface area contributed by atoms with Gasteiger partial charge in [-0.25, -0.2) is 13.4 Å². The molecular weight excluding hydrogens is 342 g/mol. The summed E-state index contributed by atoms with van der Waals surface area (Å²) in [5.74, 6) is 0. The Hall–Kier alpha value is -1.31. The predicted octanol–water partition coefficient (Wildman–Crippen LogP) is 3.06. The molecule has 118 valence electrons. The smallest absolute Gasteiger partial charge is 0.275 e. The second kappa shape index (κ2) is 5.40. The van der Waals surface area contributed by atoms with Gasteiger partial charge in [0, 0.05) is 18.6 Å². The minimum atomic E-state index is -3.60. The normalized spacial score (nSPS) is 15.1. The first-order chi connectivity index (χ1) is 10.3. The molecule has 0 bridgehead atoms. The lowest BCUT2D eigenvalue weighted by Gasteiger charge is -2.36. The molecule has 22 heavy (non-hydrogen) atoms. The van der Waals surface area contributed by atoms with Crippen molar-refractivity contribution in [3.8, 4) is 0 Å². The Bertz CT molecular complexity index is 833. The van der Waals surface area contributed by atoms with Crippen LogP contribution in [-0.2, 0) is 10.0 Å². The van der Waals surface area contributed by atoms with Crippen LogP contribution in [0.25, 0.3) is 0 Å². The second-order valence-electron chi connectivity index (χ2n) is 5.24. The molecule has 2 heterocycles. The fraction of sp³-hybridized carbons (Fsp3) is 0.357. The number of halogens is 1. The van der Waals surface area contributed by atoms with E-state index in [0.717, 1.165) is 10.7 Å². The van der Waals surface area contributed by atoms with Crippen LogP contribution in [0.2, 0.25) is 5.02 Å². The Kier molecular flexibility index (Phi) is 3.82. The highest BCUT2D eigenvalue weighted by atomic mass is 35.5. The first-order valence-corrected chi connectivity index (χ1v) is 9.41. The Morgan fingerprint density at radius 3 is 2.59 bits per heavy atom. The summed E-state index contributed by atoms with van der Waals surface area (Å²) in [7, 11) is -1.67. The fourth-order valence-electron chi connectivity index (χ4n) is 2.60. The SMILES string of the molecule is Cc1nc(C)c(S(=O)(=O)N2CCN(C)c3cc(Cl)ccc32)s1. The molecule has 5 nitrogen and oxygen atoms in total. The van der Waals surface area contributed by atoms with Crippen molar-refractivity contribution in [2.45, 2.75) is 18.1 Å². The van der Waals surface area contributed by atoms with Crippen LogP contribution in [-0.4, -0.2) is 33.5 Å². The maximum Gasteiger partial charge on any atom is 0.275 e. The summed E-state index contributed by atoms with van der Waals surface area (Å²) < 4.78 is 27.8. The van der Waals surface area contributed by atoms with Gasteiger partial charge < -0.3 is 4.90 Å². The van der Waals surface area contributed by atoms with E-state index in [1.54, 1.807) is 25.1 Å². The molecule has 2 aromatic rings. The predicted molar refractivity (Wildman–Crippen MR) is 90.8 cm³/mol. The number of rotatable bonds is 2. The Morgan fingerprint density at radius 2 is 1.95 bits per heavy atom. The molecule has 0 radical (unpaired) electrons. The summed E-state index contributed by atoms with van der Waals surface area (Å²) in [5.41, 5.74) is 2.03. The van der Waals surface area contributed by atoms with Crippen molar-refractivity contribution in [1.29, 1.82) is 0 Å². The monoisotopic (exact) mass is 357 g/mol. The maximum absolute atomic E-state index is 13.0. The lowest BCUT2D eigenvalue weighted by molar-refractivity contribution is 0.590. The molecule has 0 N–H and O–H groups in total. The molecule has 1 aliphatic heterocycles. The molecule has 1 aliphatic rings. The molecule has 1 aromatic heterocycles. The van der Waals surface area contributed by atoms with Crippen LogP contribution in [0.1, 0.15) is 10.7 Å². The Labute approximate surface area is 139 Å². The highest BCUT2D eigenvalue weighted by molar-refractivity contribution is 7.94. The summed E-state index contributed by atoms with van der Waals surface area (Å²) in [5, 5.41) is 1.34. The van der Waals surface area contributed by atoms with E-state index in [9.17, 15) is 8.42 Å². The summed E-state index contributed by atoms with van der Waals surface area (Å²) >= 11 is 7.26. The number of anilines is 2. The van der Waals surface area contributed by atoms with Crippen LogP contribution in [0.15, 0.2) is 22.4 Å². The first kappa shape index (κ1) is 15.6. The summed E-state index contributed by atoms with van der Waals surface area (Å²) in [4.78, 5) is 6.25.